The lowest BCUT2D eigenvalue weighted by Gasteiger charge is -2.08. The van der Waals surface area contributed by atoms with E-state index < -0.39 is 23.0 Å². The highest BCUT2D eigenvalue weighted by atomic mass is 35.5. The number of nitrogens with zero attached hydrogens (tertiary/aromatic N) is 1. The average Bonchev–Trinajstić information content (AvgIpc) is 2.94. The van der Waals surface area contributed by atoms with E-state index in [4.69, 9.17) is 11.6 Å². The van der Waals surface area contributed by atoms with Gasteiger partial charge in [0.2, 0.25) is 0 Å². The van der Waals surface area contributed by atoms with Crippen molar-refractivity contribution >= 4 is 56.2 Å². The molecule has 0 amide bonds. The molecule has 5 rings (SSSR count). The lowest BCUT2D eigenvalue weighted by atomic mass is 10.1. The van der Waals surface area contributed by atoms with Gasteiger partial charge in [-0.25, -0.2) is 9.37 Å². The predicted molar refractivity (Wildman–Crippen MR) is 128 cm³/mol. The van der Waals surface area contributed by atoms with Crippen LogP contribution < -0.4 is 5.43 Å². The highest BCUT2D eigenvalue weighted by Crippen LogP contribution is 2.34. The summed E-state index contributed by atoms with van der Waals surface area (Å²) in [5.41, 5.74) is 0.487. The van der Waals surface area contributed by atoms with Gasteiger partial charge in [-0.15, -0.1) is 0 Å². The summed E-state index contributed by atoms with van der Waals surface area (Å²) in [6.07, 6.45) is -1.09. The molecule has 168 valence electrons. The van der Waals surface area contributed by atoms with Gasteiger partial charge in [0.15, 0.2) is 5.43 Å². The van der Waals surface area contributed by atoms with Crippen molar-refractivity contribution in [2.24, 2.45) is 0 Å². The van der Waals surface area contributed by atoms with Gasteiger partial charge in [0.05, 0.1) is 21.8 Å². The third kappa shape index (κ3) is 4.01. The van der Waals surface area contributed by atoms with Crippen LogP contribution in [-0.4, -0.2) is 4.98 Å². The Morgan fingerprint density at radius 3 is 2.35 bits per heavy atom. The van der Waals surface area contributed by atoms with E-state index >= 15 is 0 Å². The molecule has 0 atom stereocenters. The molecule has 0 radical (unpaired) electrons. The molecule has 5 aromatic rings. The smallest absolute Gasteiger partial charge is 0.289 e. The average molecular weight is 480 g/mol. The normalized spacial score (nSPS) is 12.3. The van der Waals surface area contributed by atoms with Gasteiger partial charge < -0.3 is 0 Å². The maximum absolute atomic E-state index is 13.6. The van der Waals surface area contributed by atoms with Crippen LogP contribution >= 0.6 is 11.6 Å². The van der Waals surface area contributed by atoms with Crippen molar-refractivity contribution in [3.05, 3.63) is 111 Å². The third-order valence-corrected chi connectivity index (χ3v) is 5.90. The number of aromatic nitrogens is 1. The van der Waals surface area contributed by atoms with Crippen LogP contribution in [0.1, 0.15) is 16.8 Å². The molecule has 0 aliphatic carbocycles. The van der Waals surface area contributed by atoms with E-state index in [2.05, 4.69) is 4.98 Å². The second-order valence-electron chi connectivity index (χ2n) is 7.80. The van der Waals surface area contributed by atoms with Crippen molar-refractivity contribution < 1.29 is 17.6 Å². The first kappa shape index (κ1) is 22.0. The van der Waals surface area contributed by atoms with E-state index in [1.54, 1.807) is 42.5 Å². The Bertz CT molecular complexity index is 1690. The maximum atomic E-state index is 13.6. The zero-order valence-corrected chi connectivity index (χ0v) is 18.1. The third-order valence-electron chi connectivity index (χ3n) is 5.61. The molecule has 2 nitrogen and oxygen atoms in total. The van der Waals surface area contributed by atoms with Gasteiger partial charge in [0.25, 0.3) is 0 Å². The first-order valence-corrected chi connectivity index (χ1v) is 10.6. The Labute approximate surface area is 195 Å². The number of hydrogen-bond acceptors (Lipinski definition) is 2. The highest BCUT2D eigenvalue weighted by Gasteiger charge is 2.32. The van der Waals surface area contributed by atoms with Crippen LogP contribution in [0.5, 0.6) is 0 Å². The highest BCUT2D eigenvalue weighted by molar-refractivity contribution is 6.31. The fourth-order valence-corrected chi connectivity index (χ4v) is 4.09. The molecular weight excluding hydrogens is 466 g/mol. The monoisotopic (exact) mass is 479 g/mol. The summed E-state index contributed by atoms with van der Waals surface area (Å²) in [7, 11) is 0. The van der Waals surface area contributed by atoms with E-state index in [1.165, 1.54) is 36.4 Å². The molecule has 4 aromatic carbocycles. The molecule has 0 saturated heterocycles. The minimum absolute atomic E-state index is 0.00580. The van der Waals surface area contributed by atoms with Crippen LogP contribution in [0, 0.1) is 5.82 Å². The van der Waals surface area contributed by atoms with Crippen molar-refractivity contribution in [1.29, 1.82) is 0 Å². The van der Waals surface area contributed by atoms with Gasteiger partial charge in [-0.3, -0.25) is 4.79 Å². The molecule has 0 aliphatic heterocycles. The van der Waals surface area contributed by atoms with Gasteiger partial charge in [0.1, 0.15) is 5.82 Å². The summed E-state index contributed by atoms with van der Waals surface area (Å²) in [5, 5.41) is 1.30. The molecule has 0 unspecified atom stereocenters. The van der Waals surface area contributed by atoms with E-state index in [1.807, 2.05) is 0 Å². The van der Waals surface area contributed by atoms with Crippen LogP contribution in [0.2, 0.25) is 5.02 Å². The minimum Gasteiger partial charge on any atom is -0.289 e. The summed E-state index contributed by atoms with van der Waals surface area (Å²) in [6.45, 7) is 0. The van der Waals surface area contributed by atoms with Crippen molar-refractivity contribution in [2.45, 2.75) is 6.18 Å². The molecule has 0 fully saturated rings. The maximum Gasteiger partial charge on any atom is 0.417 e. The number of pyridine rings is 1. The van der Waals surface area contributed by atoms with E-state index in [0.29, 0.717) is 32.9 Å². The Kier molecular flexibility index (Phi) is 5.33. The summed E-state index contributed by atoms with van der Waals surface area (Å²) in [4.78, 5) is 17.6. The van der Waals surface area contributed by atoms with E-state index in [9.17, 15) is 22.4 Å². The Morgan fingerprint density at radius 2 is 1.56 bits per heavy atom. The first-order valence-electron chi connectivity index (χ1n) is 10.2. The van der Waals surface area contributed by atoms with E-state index in [-0.39, 0.29) is 15.8 Å². The number of halogens is 5. The lowest BCUT2D eigenvalue weighted by molar-refractivity contribution is -0.136. The molecule has 0 saturated carbocycles. The topological polar surface area (TPSA) is 30.0 Å². The second-order valence-corrected chi connectivity index (χ2v) is 8.21. The molecule has 0 bridgehead atoms. The first-order chi connectivity index (χ1) is 16.2. The Morgan fingerprint density at radius 1 is 0.794 bits per heavy atom. The largest absolute Gasteiger partial charge is 0.417 e. The van der Waals surface area contributed by atoms with Crippen LogP contribution in [0.3, 0.4) is 0 Å². The van der Waals surface area contributed by atoms with Crippen LogP contribution in [0.4, 0.5) is 17.6 Å². The molecule has 0 aliphatic rings. The molecule has 0 N–H and O–H groups in total. The van der Waals surface area contributed by atoms with Crippen molar-refractivity contribution in [3.8, 4) is 0 Å². The van der Waals surface area contributed by atoms with E-state index in [0.717, 1.165) is 6.07 Å². The zero-order valence-electron chi connectivity index (χ0n) is 17.3. The number of benzene rings is 3. The van der Waals surface area contributed by atoms with Crippen molar-refractivity contribution in [1.82, 2.24) is 4.98 Å². The van der Waals surface area contributed by atoms with Crippen molar-refractivity contribution in [2.75, 3.05) is 0 Å². The van der Waals surface area contributed by atoms with Gasteiger partial charge in [-0.05, 0) is 52.7 Å². The summed E-state index contributed by atoms with van der Waals surface area (Å²) >= 11 is 5.85. The molecular formula is C27H14ClF4NO. The van der Waals surface area contributed by atoms with Gasteiger partial charge >= 0.3 is 6.18 Å². The Hall–Kier alpha value is -3.77. The summed E-state index contributed by atoms with van der Waals surface area (Å²) in [6, 6.07) is 17.8. The number of fused-ring (bicyclic) bond motifs is 3. The molecule has 34 heavy (non-hydrogen) atoms. The van der Waals surface area contributed by atoms with Crippen molar-refractivity contribution in [3.63, 3.8) is 0 Å². The SMILES string of the molecule is O=c1c2cc(/C=C/c3ccc4cc(F)c(Cl)cc4n3)ccc2ccc2c(C(F)(F)F)cccc12. The Balaban J connectivity index is 1.60. The number of rotatable bonds is 2. The lowest BCUT2D eigenvalue weighted by Crippen LogP contribution is -2.07. The van der Waals surface area contributed by atoms with Gasteiger partial charge in [0, 0.05) is 16.2 Å². The minimum atomic E-state index is -4.57. The fraction of sp³-hybridized carbons (Fsp3) is 0.0370. The van der Waals surface area contributed by atoms with Gasteiger partial charge in [-0.2, -0.15) is 13.2 Å². The summed E-state index contributed by atoms with van der Waals surface area (Å²) < 4.78 is 54.0. The summed E-state index contributed by atoms with van der Waals surface area (Å²) in [5.74, 6) is -0.521. The molecule has 1 heterocycles. The second kappa shape index (κ2) is 8.22. The predicted octanol–water partition coefficient (Wildman–Crippen LogP) is 7.88. The quantitative estimate of drug-likeness (QED) is 0.241. The molecule has 0 spiro atoms. The zero-order chi connectivity index (χ0) is 24.0. The molecule has 1 aromatic heterocycles. The fourth-order valence-electron chi connectivity index (χ4n) is 3.94. The van der Waals surface area contributed by atoms with Gasteiger partial charge in [-0.1, -0.05) is 60.1 Å². The molecule has 7 heteroatoms. The van der Waals surface area contributed by atoms with Crippen LogP contribution in [0.25, 0.3) is 44.6 Å². The number of alkyl halides is 3. The standard InChI is InChI=1S/C27H14ClF4NO/c28-23-14-25-17(13-24(23)29)7-10-18(33-25)9-5-15-4-6-16-8-11-19-20(26(34)21(16)12-15)2-1-3-22(19)27(30,31)32/h1-14H/b9-5+. The number of hydrogen-bond donors (Lipinski definition) is 0. The van der Waals surface area contributed by atoms with Crippen LogP contribution in [-0.2, 0) is 6.18 Å². The van der Waals surface area contributed by atoms with Crippen LogP contribution in [0.15, 0.2) is 77.6 Å².